The molecule has 0 bridgehead atoms. The number of rotatable bonds is 5. The van der Waals surface area contributed by atoms with E-state index in [1.165, 1.54) is 6.08 Å². The highest BCUT2D eigenvalue weighted by Gasteiger charge is 2.03. The van der Waals surface area contributed by atoms with Gasteiger partial charge in [0.05, 0.1) is 6.61 Å². The van der Waals surface area contributed by atoms with E-state index in [4.69, 9.17) is 4.74 Å². The number of hydrogen-bond acceptors (Lipinski definition) is 3. The lowest BCUT2D eigenvalue weighted by Crippen LogP contribution is -1.94. The van der Waals surface area contributed by atoms with E-state index in [0.29, 0.717) is 17.9 Å². The predicted octanol–water partition coefficient (Wildman–Crippen LogP) is 4.45. The first kappa shape index (κ1) is 15.3. The van der Waals surface area contributed by atoms with E-state index >= 15 is 0 Å². The van der Waals surface area contributed by atoms with Gasteiger partial charge in [-0.15, -0.1) is 0 Å². The van der Waals surface area contributed by atoms with Crippen molar-refractivity contribution >= 4 is 27.8 Å². The van der Waals surface area contributed by atoms with Crippen LogP contribution in [0.4, 0.5) is 0 Å². The molecule has 0 aromatic heterocycles. The Hall–Kier alpha value is -2.07. The Morgan fingerprint density at radius 1 is 1.24 bits per heavy atom. The highest BCUT2D eigenvalue weighted by Crippen LogP contribution is 2.27. The Kier molecular flexibility index (Phi) is 5.17. The molecule has 0 radical (unpaired) electrons. The van der Waals surface area contributed by atoms with Gasteiger partial charge in [-0.1, -0.05) is 28.1 Å². The van der Waals surface area contributed by atoms with Crippen LogP contribution < -0.4 is 4.74 Å². The fourth-order valence-electron chi connectivity index (χ4n) is 1.79. The van der Waals surface area contributed by atoms with Crippen LogP contribution in [0.5, 0.6) is 11.5 Å². The molecule has 21 heavy (non-hydrogen) atoms. The zero-order chi connectivity index (χ0) is 15.2. The van der Waals surface area contributed by atoms with Crippen molar-refractivity contribution in [2.45, 2.75) is 6.92 Å². The summed E-state index contributed by atoms with van der Waals surface area (Å²) in [6, 6.07) is 12.2. The second kappa shape index (κ2) is 7.09. The summed E-state index contributed by atoms with van der Waals surface area (Å²) in [5.41, 5.74) is 1.42. The molecule has 2 aromatic carbocycles. The number of hydrogen-bond donors (Lipinski definition) is 1. The van der Waals surface area contributed by atoms with Gasteiger partial charge in [-0.2, -0.15) is 0 Å². The van der Waals surface area contributed by atoms with Gasteiger partial charge in [-0.25, -0.2) is 0 Å². The largest absolute Gasteiger partial charge is 0.504 e. The third-order valence-corrected chi connectivity index (χ3v) is 3.37. The van der Waals surface area contributed by atoms with Crippen molar-refractivity contribution in [3.8, 4) is 11.5 Å². The SMILES string of the molecule is CCOc1cc(/C=C/C(=O)c2ccc(Br)cc2)ccc1O. The molecule has 0 aliphatic rings. The average molecular weight is 347 g/mol. The van der Waals surface area contributed by atoms with Crippen molar-refractivity contribution in [3.63, 3.8) is 0 Å². The van der Waals surface area contributed by atoms with E-state index in [9.17, 15) is 9.90 Å². The summed E-state index contributed by atoms with van der Waals surface area (Å²) < 4.78 is 6.24. The van der Waals surface area contributed by atoms with E-state index in [1.54, 1.807) is 36.4 Å². The van der Waals surface area contributed by atoms with Gasteiger partial charge in [-0.3, -0.25) is 4.79 Å². The van der Waals surface area contributed by atoms with E-state index in [2.05, 4.69) is 15.9 Å². The number of halogens is 1. The number of phenolic OH excluding ortho intramolecular Hbond substituents is 1. The van der Waals surface area contributed by atoms with Gasteiger partial charge >= 0.3 is 0 Å². The number of phenols is 1. The Labute approximate surface area is 132 Å². The Bertz CT molecular complexity index is 660. The first-order chi connectivity index (χ1) is 10.1. The van der Waals surface area contributed by atoms with Crippen LogP contribution >= 0.6 is 15.9 Å². The van der Waals surface area contributed by atoms with Crippen molar-refractivity contribution in [1.29, 1.82) is 0 Å². The molecule has 0 amide bonds. The third-order valence-electron chi connectivity index (χ3n) is 2.84. The van der Waals surface area contributed by atoms with Crippen LogP contribution in [0.1, 0.15) is 22.8 Å². The lowest BCUT2D eigenvalue weighted by atomic mass is 10.1. The van der Waals surface area contributed by atoms with Crippen molar-refractivity contribution in [1.82, 2.24) is 0 Å². The predicted molar refractivity (Wildman–Crippen MR) is 86.8 cm³/mol. The van der Waals surface area contributed by atoms with Gasteiger partial charge in [0, 0.05) is 10.0 Å². The minimum absolute atomic E-state index is 0.0754. The fraction of sp³-hybridized carbons (Fsp3) is 0.118. The maximum absolute atomic E-state index is 12.0. The number of carbonyl (C=O) groups is 1. The summed E-state index contributed by atoms with van der Waals surface area (Å²) in [5, 5.41) is 9.63. The van der Waals surface area contributed by atoms with Crippen molar-refractivity contribution in [3.05, 3.63) is 64.1 Å². The highest BCUT2D eigenvalue weighted by molar-refractivity contribution is 9.10. The van der Waals surface area contributed by atoms with Crippen molar-refractivity contribution < 1.29 is 14.6 Å². The lowest BCUT2D eigenvalue weighted by molar-refractivity contribution is 0.104. The Morgan fingerprint density at radius 2 is 1.95 bits per heavy atom. The van der Waals surface area contributed by atoms with Gasteiger partial charge in [0.25, 0.3) is 0 Å². The molecular formula is C17H15BrO3. The van der Waals surface area contributed by atoms with Crippen LogP contribution in [-0.2, 0) is 0 Å². The van der Waals surface area contributed by atoms with Crippen molar-refractivity contribution in [2.24, 2.45) is 0 Å². The molecule has 108 valence electrons. The summed E-state index contributed by atoms with van der Waals surface area (Å²) in [6.45, 7) is 2.32. The van der Waals surface area contributed by atoms with E-state index in [-0.39, 0.29) is 11.5 Å². The van der Waals surface area contributed by atoms with Crippen LogP contribution in [0, 0.1) is 0 Å². The number of ketones is 1. The molecule has 0 spiro atoms. The molecule has 0 fully saturated rings. The summed E-state index contributed by atoms with van der Waals surface area (Å²) >= 11 is 3.33. The summed E-state index contributed by atoms with van der Waals surface area (Å²) in [6.07, 6.45) is 3.21. The first-order valence-electron chi connectivity index (χ1n) is 6.54. The maximum Gasteiger partial charge on any atom is 0.185 e. The zero-order valence-electron chi connectivity index (χ0n) is 11.5. The molecule has 2 aromatic rings. The molecule has 0 saturated carbocycles. The van der Waals surface area contributed by atoms with Gasteiger partial charge in [0.2, 0.25) is 0 Å². The normalized spacial score (nSPS) is 10.8. The maximum atomic E-state index is 12.0. The molecule has 1 N–H and O–H groups in total. The number of allylic oxidation sites excluding steroid dienone is 1. The molecular weight excluding hydrogens is 332 g/mol. The van der Waals surface area contributed by atoms with Gasteiger partial charge < -0.3 is 9.84 Å². The lowest BCUT2D eigenvalue weighted by Gasteiger charge is -2.06. The molecule has 0 aliphatic carbocycles. The number of carbonyl (C=O) groups excluding carboxylic acids is 1. The topological polar surface area (TPSA) is 46.5 Å². The second-order valence-corrected chi connectivity index (χ2v) is 5.28. The van der Waals surface area contributed by atoms with Crippen LogP contribution in [-0.4, -0.2) is 17.5 Å². The molecule has 0 heterocycles. The van der Waals surface area contributed by atoms with Gasteiger partial charge in [0.1, 0.15) is 0 Å². The molecule has 3 nitrogen and oxygen atoms in total. The third kappa shape index (κ3) is 4.20. The minimum atomic E-state index is -0.0754. The molecule has 2 rings (SSSR count). The van der Waals surface area contributed by atoms with Crippen LogP contribution in [0.15, 0.2) is 53.0 Å². The first-order valence-corrected chi connectivity index (χ1v) is 7.33. The zero-order valence-corrected chi connectivity index (χ0v) is 13.1. The molecule has 4 heteroatoms. The monoisotopic (exact) mass is 346 g/mol. The number of aromatic hydroxyl groups is 1. The van der Waals surface area contributed by atoms with Gasteiger partial charge in [0.15, 0.2) is 17.3 Å². The van der Waals surface area contributed by atoms with Crippen LogP contribution in [0.3, 0.4) is 0 Å². The van der Waals surface area contributed by atoms with Crippen LogP contribution in [0.25, 0.3) is 6.08 Å². The fourth-order valence-corrected chi connectivity index (χ4v) is 2.05. The summed E-state index contributed by atoms with van der Waals surface area (Å²) in [5.74, 6) is 0.428. The van der Waals surface area contributed by atoms with E-state index in [0.717, 1.165) is 10.0 Å². The van der Waals surface area contributed by atoms with E-state index in [1.807, 2.05) is 19.1 Å². The van der Waals surface area contributed by atoms with E-state index < -0.39 is 0 Å². The van der Waals surface area contributed by atoms with Crippen LogP contribution in [0.2, 0.25) is 0 Å². The van der Waals surface area contributed by atoms with Crippen molar-refractivity contribution in [2.75, 3.05) is 6.61 Å². The highest BCUT2D eigenvalue weighted by atomic mass is 79.9. The van der Waals surface area contributed by atoms with Gasteiger partial charge in [-0.05, 0) is 55.0 Å². The second-order valence-electron chi connectivity index (χ2n) is 4.36. The summed E-state index contributed by atoms with van der Waals surface area (Å²) in [4.78, 5) is 12.0. The minimum Gasteiger partial charge on any atom is -0.504 e. The summed E-state index contributed by atoms with van der Waals surface area (Å²) in [7, 11) is 0. The quantitative estimate of drug-likeness (QED) is 0.642. The number of ether oxygens (including phenoxy) is 1. The molecule has 0 unspecified atom stereocenters. The molecule has 0 saturated heterocycles. The standard InChI is InChI=1S/C17H15BrO3/c1-2-21-17-11-12(4-10-16(17)20)3-9-15(19)13-5-7-14(18)8-6-13/h3-11,20H,2H2,1H3/b9-3+. The molecule has 0 aliphatic heterocycles. The smallest absolute Gasteiger partial charge is 0.185 e. The molecule has 0 atom stereocenters. The Balaban J connectivity index is 2.15. The average Bonchev–Trinajstić information content (AvgIpc) is 2.48. The number of benzene rings is 2. The Morgan fingerprint density at radius 3 is 2.62 bits per heavy atom.